The van der Waals surface area contributed by atoms with E-state index in [1.54, 1.807) is 0 Å². The number of rotatable bonds is 7. The minimum absolute atomic E-state index is 0.387. The van der Waals surface area contributed by atoms with Crippen molar-refractivity contribution < 1.29 is 14.5 Å². The largest absolute Gasteiger partial charge is 0.491 e. The summed E-state index contributed by atoms with van der Waals surface area (Å²) in [6.07, 6.45) is 0.957. The molecule has 0 aliphatic carbocycles. The van der Waals surface area contributed by atoms with E-state index in [2.05, 4.69) is 45.1 Å². The third-order valence-corrected chi connectivity index (χ3v) is 5.24. The van der Waals surface area contributed by atoms with Crippen molar-refractivity contribution in [3.8, 4) is 5.75 Å². The van der Waals surface area contributed by atoms with Crippen LogP contribution in [0.5, 0.6) is 5.75 Å². The monoisotopic (exact) mass is 382 g/mol. The van der Waals surface area contributed by atoms with Crippen LogP contribution >= 0.6 is 12.2 Å². The lowest BCUT2D eigenvalue weighted by Gasteiger charge is -2.29. The lowest BCUT2D eigenvalue weighted by atomic mass is 10.0. The molecule has 6 heteroatoms. The fourth-order valence-corrected chi connectivity index (χ4v) is 3.83. The SMILES string of the molecule is COOCCOc1ccc2[nH]c3c(c2c1)CCN(Cc1ccccc1)C3=S. The number of thiocarbonyl (C=S) groups is 1. The van der Waals surface area contributed by atoms with Crippen molar-refractivity contribution >= 4 is 28.1 Å². The van der Waals surface area contributed by atoms with Crippen LogP contribution in [0.3, 0.4) is 0 Å². The van der Waals surface area contributed by atoms with Gasteiger partial charge in [0.25, 0.3) is 0 Å². The Hall–Kier alpha value is -2.41. The number of fused-ring (bicyclic) bond motifs is 3. The molecule has 27 heavy (non-hydrogen) atoms. The van der Waals surface area contributed by atoms with Gasteiger partial charge in [0.15, 0.2) is 0 Å². The molecular weight excluding hydrogens is 360 g/mol. The molecule has 0 unspecified atom stereocenters. The van der Waals surface area contributed by atoms with Crippen LogP contribution in [0.4, 0.5) is 0 Å². The molecule has 3 aromatic rings. The van der Waals surface area contributed by atoms with Crippen molar-refractivity contribution in [3.63, 3.8) is 0 Å². The molecule has 140 valence electrons. The number of aromatic amines is 1. The summed E-state index contributed by atoms with van der Waals surface area (Å²) in [7, 11) is 1.49. The number of H-pyrrole nitrogens is 1. The molecule has 1 aliphatic rings. The topological polar surface area (TPSA) is 46.7 Å². The van der Waals surface area contributed by atoms with Crippen LogP contribution in [0.25, 0.3) is 10.9 Å². The summed E-state index contributed by atoms with van der Waals surface area (Å²) in [5.74, 6) is 0.821. The Labute approximate surface area is 163 Å². The van der Waals surface area contributed by atoms with E-state index in [1.807, 2.05) is 18.2 Å². The van der Waals surface area contributed by atoms with Crippen molar-refractivity contribution in [3.05, 3.63) is 65.4 Å². The molecule has 0 fully saturated rings. The van der Waals surface area contributed by atoms with E-state index in [4.69, 9.17) is 21.8 Å². The quantitative estimate of drug-likeness (QED) is 0.291. The first-order chi connectivity index (χ1) is 13.3. The van der Waals surface area contributed by atoms with Crippen molar-refractivity contribution in [2.45, 2.75) is 13.0 Å². The molecule has 0 bridgehead atoms. The van der Waals surface area contributed by atoms with Crippen LogP contribution in [-0.2, 0) is 22.7 Å². The number of ether oxygens (including phenoxy) is 1. The maximum absolute atomic E-state index is 5.79. The molecule has 1 aromatic heterocycles. The highest BCUT2D eigenvalue weighted by Gasteiger charge is 2.25. The van der Waals surface area contributed by atoms with Crippen LogP contribution in [0.1, 0.15) is 16.8 Å². The molecule has 0 atom stereocenters. The van der Waals surface area contributed by atoms with E-state index < -0.39 is 0 Å². The predicted octanol–water partition coefficient (Wildman–Crippen LogP) is 3.86. The van der Waals surface area contributed by atoms with E-state index >= 15 is 0 Å². The molecule has 2 aromatic carbocycles. The highest BCUT2D eigenvalue weighted by molar-refractivity contribution is 7.80. The molecule has 2 heterocycles. The van der Waals surface area contributed by atoms with Gasteiger partial charge in [-0.3, -0.25) is 0 Å². The summed E-state index contributed by atoms with van der Waals surface area (Å²) < 4.78 is 5.74. The van der Waals surface area contributed by atoms with Gasteiger partial charge in [0, 0.05) is 24.0 Å². The van der Waals surface area contributed by atoms with Gasteiger partial charge in [-0.25, -0.2) is 9.78 Å². The van der Waals surface area contributed by atoms with Crippen molar-refractivity contribution in [1.82, 2.24) is 9.88 Å². The lowest BCUT2D eigenvalue weighted by molar-refractivity contribution is -0.274. The minimum atomic E-state index is 0.387. The summed E-state index contributed by atoms with van der Waals surface area (Å²) in [5, 5.41) is 1.18. The zero-order valence-electron chi connectivity index (χ0n) is 15.2. The van der Waals surface area contributed by atoms with Crippen LogP contribution < -0.4 is 4.74 Å². The van der Waals surface area contributed by atoms with Crippen LogP contribution in [0.2, 0.25) is 0 Å². The third kappa shape index (κ3) is 3.83. The Bertz CT molecular complexity index is 939. The van der Waals surface area contributed by atoms with Crippen molar-refractivity contribution in [2.24, 2.45) is 0 Å². The second kappa shape index (κ2) is 8.08. The second-order valence-electron chi connectivity index (χ2n) is 6.49. The van der Waals surface area contributed by atoms with E-state index in [-0.39, 0.29) is 0 Å². The van der Waals surface area contributed by atoms with Gasteiger partial charge in [0.05, 0.1) is 12.8 Å². The van der Waals surface area contributed by atoms with Gasteiger partial charge in [0.1, 0.15) is 24.0 Å². The fraction of sp³-hybridized carbons (Fsp3) is 0.286. The normalized spacial score (nSPS) is 13.8. The summed E-state index contributed by atoms with van der Waals surface area (Å²) in [6.45, 7) is 2.58. The Morgan fingerprint density at radius 2 is 1.96 bits per heavy atom. The molecule has 0 saturated carbocycles. The molecule has 5 nitrogen and oxygen atoms in total. The Balaban J connectivity index is 1.54. The number of nitrogens with zero attached hydrogens (tertiary/aromatic N) is 1. The molecule has 4 rings (SSSR count). The lowest BCUT2D eigenvalue weighted by Crippen LogP contribution is -2.36. The second-order valence-corrected chi connectivity index (χ2v) is 6.87. The standard InChI is InChI=1S/C21H22N2O3S/c1-24-26-12-11-25-16-7-8-19-18(13-16)17-9-10-23(21(27)20(17)22-19)14-15-5-3-2-4-6-15/h2-8,13,22H,9-12,14H2,1H3. The zero-order valence-corrected chi connectivity index (χ0v) is 16.1. The first kappa shape index (κ1) is 18.0. The van der Waals surface area contributed by atoms with Gasteiger partial charge >= 0.3 is 0 Å². The highest BCUT2D eigenvalue weighted by atomic mass is 32.1. The number of hydrogen-bond donors (Lipinski definition) is 1. The van der Waals surface area contributed by atoms with Crippen molar-refractivity contribution in [1.29, 1.82) is 0 Å². The van der Waals surface area contributed by atoms with Crippen LogP contribution in [0.15, 0.2) is 48.5 Å². The van der Waals surface area contributed by atoms with E-state index in [0.29, 0.717) is 13.2 Å². The fourth-order valence-electron chi connectivity index (χ4n) is 3.50. The maximum atomic E-state index is 5.79. The Morgan fingerprint density at radius 3 is 2.78 bits per heavy atom. The molecule has 1 aliphatic heterocycles. The van der Waals surface area contributed by atoms with Crippen LogP contribution in [-0.4, -0.2) is 41.7 Å². The molecule has 0 amide bonds. The van der Waals surface area contributed by atoms with Gasteiger partial charge in [-0.15, -0.1) is 0 Å². The molecule has 0 radical (unpaired) electrons. The van der Waals surface area contributed by atoms with E-state index in [0.717, 1.165) is 41.5 Å². The minimum Gasteiger partial charge on any atom is -0.491 e. The van der Waals surface area contributed by atoms with Gasteiger partial charge in [-0.2, -0.15) is 0 Å². The Morgan fingerprint density at radius 1 is 1.11 bits per heavy atom. The number of hydrogen-bond acceptors (Lipinski definition) is 4. The molecular formula is C21H22N2O3S. The first-order valence-electron chi connectivity index (χ1n) is 9.02. The summed E-state index contributed by atoms with van der Waals surface area (Å²) >= 11 is 5.79. The zero-order chi connectivity index (χ0) is 18.6. The highest BCUT2D eigenvalue weighted by Crippen LogP contribution is 2.31. The number of nitrogens with one attached hydrogen (secondary N) is 1. The average molecular weight is 382 g/mol. The molecule has 0 saturated heterocycles. The predicted molar refractivity (Wildman–Crippen MR) is 109 cm³/mol. The number of benzene rings is 2. The maximum Gasteiger partial charge on any atom is 0.126 e. The van der Waals surface area contributed by atoms with Crippen LogP contribution in [0, 0.1) is 0 Å². The first-order valence-corrected chi connectivity index (χ1v) is 9.43. The van der Waals surface area contributed by atoms with E-state index in [9.17, 15) is 0 Å². The summed E-state index contributed by atoms with van der Waals surface area (Å²) in [6, 6.07) is 16.5. The van der Waals surface area contributed by atoms with Crippen molar-refractivity contribution in [2.75, 3.05) is 26.9 Å². The van der Waals surface area contributed by atoms with E-state index in [1.165, 1.54) is 23.6 Å². The number of aromatic nitrogens is 1. The smallest absolute Gasteiger partial charge is 0.126 e. The Kier molecular flexibility index (Phi) is 5.38. The summed E-state index contributed by atoms with van der Waals surface area (Å²) in [4.78, 5) is 16.1. The average Bonchev–Trinajstić information content (AvgIpc) is 3.07. The van der Waals surface area contributed by atoms with Gasteiger partial charge in [-0.1, -0.05) is 42.5 Å². The summed E-state index contributed by atoms with van der Waals surface area (Å²) in [5.41, 5.74) is 4.69. The van der Waals surface area contributed by atoms with Gasteiger partial charge in [0.2, 0.25) is 0 Å². The third-order valence-electron chi connectivity index (χ3n) is 4.78. The van der Waals surface area contributed by atoms with Gasteiger partial charge in [-0.05, 0) is 35.7 Å². The van der Waals surface area contributed by atoms with Gasteiger partial charge < -0.3 is 14.6 Å². The molecule has 0 spiro atoms. The molecule has 1 N–H and O–H groups in total.